The maximum atomic E-state index is 11.0. The van der Waals surface area contributed by atoms with Crippen molar-refractivity contribution in [3.63, 3.8) is 0 Å². The molecule has 1 aliphatic rings. The molecular formula is C12H12N2O2. The number of hydrogen-bond acceptors (Lipinski definition) is 3. The van der Waals surface area contributed by atoms with Crippen LogP contribution in [0.2, 0.25) is 0 Å². The Kier molecular flexibility index (Phi) is 2.88. The largest absolute Gasteiger partial charge is 0.481 e. The van der Waals surface area contributed by atoms with E-state index in [-0.39, 0.29) is 5.92 Å². The lowest BCUT2D eigenvalue weighted by molar-refractivity contribution is -0.141. The highest BCUT2D eigenvalue weighted by Crippen LogP contribution is 2.28. The van der Waals surface area contributed by atoms with Crippen molar-refractivity contribution in [3.8, 4) is 6.07 Å². The predicted molar refractivity (Wildman–Crippen MR) is 57.9 cm³/mol. The van der Waals surface area contributed by atoms with Crippen LogP contribution in [0.15, 0.2) is 24.3 Å². The summed E-state index contributed by atoms with van der Waals surface area (Å²) in [5.74, 6) is -1.21. The molecule has 1 saturated heterocycles. The molecule has 0 saturated carbocycles. The zero-order valence-electron chi connectivity index (χ0n) is 8.68. The maximum absolute atomic E-state index is 11.0. The molecule has 0 radical (unpaired) electrons. The van der Waals surface area contributed by atoms with Crippen LogP contribution in [0.5, 0.6) is 0 Å². The Bertz CT molecular complexity index is 451. The summed E-state index contributed by atoms with van der Waals surface area (Å²) in [6.07, 6.45) is 0. The molecule has 0 bridgehead atoms. The normalized spacial score (nSPS) is 23.9. The maximum Gasteiger partial charge on any atom is 0.308 e. The molecular weight excluding hydrogens is 204 g/mol. The second kappa shape index (κ2) is 4.33. The first-order valence-corrected chi connectivity index (χ1v) is 5.16. The van der Waals surface area contributed by atoms with Gasteiger partial charge in [-0.05, 0) is 17.7 Å². The van der Waals surface area contributed by atoms with Crippen molar-refractivity contribution < 1.29 is 9.90 Å². The van der Waals surface area contributed by atoms with Crippen LogP contribution in [-0.4, -0.2) is 24.2 Å². The van der Waals surface area contributed by atoms with E-state index in [0.717, 1.165) is 5.56 Å². The Morgan fingerprint density at radius 1 is 1.50 bits per heavy atom. The number of nitriles is 1. The average molecular weight is 216 g/mol. The van der Waals surface area contributed by atoms with Crippen LogP contribution < -0.4 is 5.32 Å². The lowest BCUT2D eigenvalue weighted by Crippen LogP contribution is -2.21. The van der Waals surface area contributed by atoms with Crippen LogP contribution in [0.4, 0.5) is 0 Å². The highest BCUT2D eigenvalue weighted by molar-refractivity contribution is 5.72. The van der Waals surface area contributed by atoms with E-state index in [2.05, 4.69) is 11.4 Å². The van der Waals surface area contributed by atoms with E-state index in [9.17, 15) is 4.79 Å². The van der Waals surface area contributed by atoms with Crippen LogP contribution in [0.3, 0.4) is 0 Å². The molecule has 0 spiro atoms. The molecule has 4 heteroatoms. The number of nitrogens with zero attached hydrogens (tertiary/aromatic N) is 1. The second-order valence-electron chi connectivity index (χ2n) is 3.95. The molecule has 0 amide bonds. The Morgan fingerprint density at radius 2 is 2.31 bits per heavy atom. The third-order valence-electron chi connectivity index (χ3n) is 2.98. The molecule has 1 heterocycles. The minimum Gasteiger partial charge on any atom is -0.481 e. The number of aliphatic carboxylic acids is 1. The van der Waals surface area contributed by atoms with Gasteiger partial charge in [-0.25, -0.2) is 0 Å². The monoisotopic (exact) mass is 216 g/mol. The molecule has 2 atom stereocenters. The zero-order chi connectivity index (χ0) is 11.5. The van der Waals surface area contributed by atoms with E-state index in [1.165, 1.54) is 0 Å². The van der Waals surface area contributed by atoms with Crippen LogP contribution >= 0.6 is 0 Å². The molecule has 16 heavy (non-hydrogen) atoms. The van der Waals surface area contributed by atoms with Crippen LogP contribution in [-0.2, 0) is 4.79 Å². The number of carbonyl (C=O) groups is 1. The first-order valence-electron chi connectivity index (χ1n) is 5.16. The molecule has 82 valence electrons. The van der Waals surface area contributed by atoms with Crippen LogP contribution in [0.25, 0.3) is 0 Å². The van der Waals surface area contributed by atoms with Gasteiger partial charge in [-0.15, -0.1) is 0 Å². The van der Waals surface area contributed by atoms with Crippen molar-refractivity contribution in [1.29, 1.82) is 5.26 Å². The number of carboxylic acid groups (broad SMARTS) is 1. The number of benzene rings is 1. The van der Waals surface area contributed by atoms with Gasteiger partial charge in [-0.1, -0.05) is 12.1 Å². The third kappa shape index (κ3) is 1.90. The van der Waals surface area contributed by atoms with Gasteiger partial charge >= 0.3 is 5.97 Å². The highest BCUT2D eigenvalue weighted by Gasteiger charge is 2.33. The fourth-order valence-corrected chi connectivity index (χ4v) is 2.13. The van der Waals surface area contributed by atoms with Crippen LogP contribution in [0, 0.1) is 17.2 Å². The summed E-state index contributed by atoms with van der Waals surface area (Å²) < 4.78 is 0. The molecule has 0 unspecified atom stereocenters. The van der Waals surface area contributed by atoms with Crippen molar-refractivity contribution in [2.75, 3.05) is 13.1 Å². The SMILES string of the molecule is N#Cc1cccc([C@@H]2CNC[C@H]2C(=O)O)c1. The lowest BCUT2D eigenvalue weighted by Gasteiger charge is -2.14. The van der Waals surface area contributed by atoms with Crippen molar-refractivity contribution in [2.24, 2.45) is 5.92 Å². The first kappa shape index (κ1) is 10.7. The average Bonchev–Trinajstić information content (AvgIpc) is 2.78. The van der Waals surface area contributed by atoms with Gasteiger partial charge in [0, 0.05) is 19.0 Å². The fourth-order valence-electron chi connectivity index (χ4n) is 2.13. The minimum absolute atomic E-state index is 0.0363. The smallest absolute Gasteiger partial charge is 0.308 e. The van der Waals surface area contributed by atoms with Gasteiger partial charge in [-0.2, -0.15) is 5.26 Å². The molecule has 0 aliphatic carbocycles. The Balaban J connectivity index is 2.29. The molecule has 4 nitrogen and oxygen atoms in total. The van der Waals surface area contributed by atoms with Crippen molar-refractivity contribution in [2.45, 2.75) is 5.92 Å². The van der Waals surface area contributed by atoms with Gasteiger partial charge in [-0.3, -0.25) is 4.79 Å². The summed E-state index contributed by atoms with van der Waals surface area (Å²) in [7, 11) is 0. The van der Waals surface area contributed by atoms with E-state index < -0.39 is 11.9 Å². The van der Waals surface area contributed by atoms with Crippen LogP contribution in [0.1, 0.15) is 17.0 Å². The standard InChI is InChI=1S/C12H12N2O2/c13-5-8-2-1-3-9(4-8)10-6-14-7-11(10)12(15)16/h1-4,10-11,14H,6-7H2,(H,15,16)/t10-,11+/m0/s1. The zero-order valence-corrected chi connectivity index (χ0v) is 8.68. The molecule has 2 rings (SSSR count). The summed E-state index contributed by atoms with van der Waals surface area (Å²) in [5.41, 5.74) is 1.50. The van der Waals surface area contributed by atoms with Gasteiger partial charge in [0.25, 0.3) is 0 Å². The Morgan fingerprint density at radius 3 is 3.00 bits per heavy atom. The lowest BCUT2D eigenvalue weighted by atomic mass is 9.88. The number of hydrogen-bond donors (Lipinski definition) is 2. The first-order chi connectivity index (χ1) is 7.72. The van der Waals surface area contributed by atoms with Gasteiger partial charge in [0.2, 0.25) is 0 Å². The third-order valence-corrected chi connectivity index (χ3v) is 2.98. The van der Waals surface area contributed by atoms with E-state index in [0.29, 0.717) is 18.7 Å². The summed E-state index contributed by atoms with van der Waals surface area (Å²) >= 11 is 0. The number of nitrogens with one attached hydrogen (secondary N) is 1. The summed E-state index contributed by atoms with van der Waals surface area (Å²) in [6.45, 7) is 1.16. The fraction of sp³-hybridized carbons (Fsp3) is 0.333. The highest BCUT2D eigenvalue weighted by atomic mass is 16.4. The van der Waals surface area contributed by atoms with E-state index in [1.807, 2.05) is 6.07 Å². The number of rotatable bonds is 2. The Labute approximate surface area is 93.5 Å². The van der Waals surface area contributed by atoms with Gasteiger partial charge in [0.15, 0.2) is 0 Å². The summed E-state index contributed by atoms with van der Waals surface area (Å²) in [5, 5.41) is 20.9. The Hall–Kier alpha value is -1.86. The van der Waals surface area contributed by atoms with Crippen molar-refractivity contribution in [1.82, 2.24) is 5.32 Å². The molecule has 1 aliphatic heterocycles. The van der Waals surface area contributed by atoms with E-state index >= 15 is 0 Å². The molecule has 0 aromatic heterocycles. The second-order valence-corrected chi connectivity index (χ2v) is 3.95. The van der Waals surface area contributed by atoms with Gasteiger partial charge < -0.3 is 10.4 Å². The topological polar surface area (TPSA) is 73.1 Å². The van der Waals surface area contributed by atoms with E-state index in [1.54, 1.807) is 18.2 Å². The summed E-state index contributed by atoms with van der Waals surface area (Å²) in [4.78, 5) is 11.0. The number of carboxylic acids is 1. The van der Waals surface area contributed by atoms with Gasteiger partial charge in [0.1, 0.15) is 0 Å². The quantitative estimate of drug-likeness (QED) is 0.771. The molecule has 1 aromatic rings. The van der Waals surface area contributed by atoms with Crippen molar-refractivity contribution >= 4 is 5.97 Å². The molecule has 2 N–H and O–H groups in total. The van der Waals surface area contributed by atoms with Gasteiger partial charge in [0.05, 0.1) is 17.6 Å². The summed E-state index contributed by atoms with van der Waals surface area (Å²) in [6, 6.07) is 9.24. The minimum atomic E-state index is -0.780. The van der Waals surface area contributed by atoms with E-state index in [4.69, 9.17) is 10.4 Å². The predicted octanol–water partition coefficient (Wildman–Crippen LogP) is 0.946. The van der Waals surface area contributed by atoms with Crippen molar-refractivity contribution in [3.05, 3.63) is 35.4 Å². The molecule has 1 fully saturated rings. The molecule has 1 aromatic carbocycles.